The van der Waals surface area contributed by atoms with Crippen LogP contribution in [0.25, 0.3) is 0 Å². The van der Waals surface area contributed by atoms with Crippen molar-refractivity contribution < 1.29 is 14.7 Å². The minimum atomic E-state index is -1.76. The fraction of sp³-hybridized carbons (Fsp3) is 0.455. The highest BCUT2D eigenvalue weighted by Crippen LogP contribution is 2.27. The highest BCUT2D eigenvalue weighted by atomic mass is 16.6. The molecule has 0 spiro atoms. The Bertz CT molecular complexity index is 342. The Labute approximate surface area is 90.9 Å². The van der Waals surface area contributed by atoms with Gasteiger partial charge in [0.2, 0.25) is 0 Å². The van der Waals surface area contributed by atoms with Crippen molar-refractivity contribution in [3.05, 3.63) is 29.3 Å². The van der Waals surface area contributed by atoms with E-state index in [-0.39, 0.29) is 5.41 Å². The van der Waals surface area contributed by atoms with Crippen LogP contribution in [0, 0.1) is 6.92 Å². The van der Waals surface area contributed by atoms with Crippen LogP contribution in [0.1, 0.15) is 31.9 Å². The molecule has 0 bridgehead atoms. The summed E-state index contributed by atoms with van der Waals surface area (Å²) in [6.45, 7) is 8.27. The van der Waals surface area contributed by atoms with Crippen LogP contribution in [-0.4, -0.2) is 17.4 Å². The van der Waals surface area contributed by atoms with E-state index in [0.29, 0.717) is 5.75 Å². The first-order chi connectivity index (χ1) is 6.80. The normalized spacial score (nSPS) is 11.3. The first-order valence-electron chi connectivity index (χ1n) is 4.94. The predicted octanol–water partition coefficient (Wildman–Crippen LogP) is 1.64. The second kappa shape index (κ2) is 4.25. The quantitative estimate of drug-likeness (QED) is 0.726. The lowest BCUT2D eigenvalue weighted by atomic mass is 9.86. The zero-order chi connectivity index (χ0) is 11.6. The number of benzene rings is 1. The summed E-state index contributed by atoms with van der Waals surface area (Å²) in [7, 11) is -1.76. The predicted molar refractivity (Wildman–Crippen MR) is 60.7 cm³/mol. The van der Waals surface area contributed by atoms with E-state index in [1.807, 2.05) is 19.1 Å². The van der Waals surface area contributed by atoms with Gasteiger partial charge < -0.3 is 14.7 Å². The van der Waals surface area contributed by atoms with Crippen LogP contribution in [0.4, 0.5) is 0 Å². The van der Waals surface area contributed by atoms with Gasteiger partial charge in [-0.15, -0.1) is 0 Å². The summed E-state index contributed by atoms with van der Waals surface area (Å²) in [5, 5.41) is 17.4. The zero-order valence-corrected chi connectivity index (χ0v) is 9.61. The molecule has 0 amide bonds. The molecule has 2 N–H and O–H groups in total. The molecule has 0 atom stereocenters. The first kappa shape index (κ1) is 12.1. The van der Waals surface area contributed by atoms with Crippen molar-refractivity contribution in [2.45, 2.75) is 33.1 Å². The van der Waals surface area contributed by atoms with E-state index >= 15 is 0 Å². The number of aryl methyl sites for hydroxylation is 1. The Balaban J connectivity index is 2.98. The molecule has 0 aliphatic heterocycles. The number of hydrogen-bond donors (Lipinski definition) is 2. The number of hydrogen-bond acceptors (Lipinski definition) is 3. The Morgan fingerprint density at radius 2 is 1.80 bits per heavy atom. The standard InChI is InChI=1S/C11H17BO3/c1-8-7-9(11(2,3)4)5-6-10(8)15-12(13)14/h5-7,13-14H,1-4H3. The Morgan fingerprint density at radius 1 is 1.20 bits per heavy atom. The van der Waals surface area contributed by atoms with Gasteiger partial charge in [-0.3, -0.25) is 0 Å². The summed E-state index contributed by atoms with van der Waals surface area (Å²) < 4.78 is 4.82. The molecule has 0 saturated heterocycles. The van der Waals surface area contributed by atoms with E-state index < -0.39 is 7.32 Å². The SMILES string of the molecule is Cc1cc(C(C)(C)C)ccc1OB(O)O. The maximum Gasteiger partial charge on any atom is 0.707 e. The summed E-state index contributed by atoms with van der Waals surface area (Å²) in [4.78, 5) is 0. The third-order valence-corrected chi connectivity index (χ3v) is 2.27. The molecule has 1 aromatic carbocycles. The molecule has 3 nitrogen and oxygen atoms in total. The van der Waals surface area contributed by atoms with E-state index in [4.69, 9.17) is 14.7 Å². The van der Waals surface area contributed by atoms with Crippen molar-refractivity contribution in [1.82, 2.24) is 0 Å². The smallest absolute Gasteiger partial charge is 0.512 e. The molecule has 0 radical (unpaired) electrons. The van der Waals surface area contributed by atoms with E-state index in [0.717, 1.165) is 5.56 Å². The fourth-order valence-electron chi connectivity index (χ4n) is 1.36. The average Bonchev–Trinajstić information content (AvgIpc) is 2.05. The van der Waals surface area contributed by atoms with Gasteiger partial charge in [0, 0.05) is 0 Å². The van der Waals surface area contributed by atoms with Gasteiger partial charge in [-0.25, -0.2) is 0 Å². The van der Waals surface area contributed by atoms with Crippen molar-refractivity contribution in [2.75, 3.05) is 0 Å². The summed E-state index contributed by atoms with van der Waals surface area (Å²) in [5.41, 5.74) is 2.18. The average molecular weight is 208 g/mol. The summed E-state index contributed by atoms with van der Waals surface area (Å²) >= 11 is 0. The van der Waals surface area contributed by atoms with Crippen LogP contribution in [0.15, 0.2) is 18.2 Å². The lowest BCUT2D eigenvalue weighted by Crippen LogP contribution is -2.21. The van der Waals surface area contributed by atoms with Crippen molar-refractivity contribution in [3.63, 3.8) is 0 Å². The van der Waals surface area contributed by atoms with Crippen molar-refractivity contribution in [1.29, 1.82) is 0 Å². The lowest BCUT2D eigenvalue weighted by molar-refractivity contribution is 0.287. The maximum absolute atomic E-state index is 8.69. The van der Waals surface area contributed by atoms with E-state index in [1.165, 1.54) is 5.56 Å². The molecule has 15 heavy (non-hydrogen) atoms. The molecule has 0 saturated carbocycles. The second-order valence-corrected chi connectivity index (χ2v) is 4.67. The van der Waals surface area contributed by atoms with Gasteiger partial charge in [-0.05, 0) is 29.5 Å². The van der Waals surface area contributed by atoms with Crippen molar-refractivity contribution >= 4 is 7.32 Å². The second-order valence-electron chi connectivity index (χ2n) is 4.67. The van der Waals surface area contributed by atoms with Gasteiger partial charge in [0.1, 0.15) is 5.75 Å². The lowest BCUT2D eigenvalue weighted by Gasteiger charge is -2.20. The minimum Gasteiger partial charge on any atom is -0.512 e. The van der Waals surface area contributed by atoms with Crippen molar-refractivity contribution in [3.8, 4) is 5.75 Å². The molecule has 82 valence electrons. The molecule has 4 heteroatoms. The molecule has 1 rings (SSSR count). The van der Waals surface area contributed by atoms with Gasteiger partial charge in [0.15, 0.2) is 0 Å². The van der Waals surface area contributed by atoms with Crippen LogP contribution in [-0.2, 0) is 5.41 Å². The van der Waals surface area contributed by atoms with Gasteiger partial charge in [0.25, 0.3) is 0 Å². The highest BCUT2D eigenvalue weighted by molar-refractivity contribution is 6.33. The monoisotopic (exact) mass is 208 g/mol. The fourth-order valence-corrected chi connectivity index (χ4v) is 1.36. The third kappa shape index (κ3) is 3.25. The Morgan fingerprint density at radius 3 is 2.20 bits per heavy atom. The first-order valence-corrected chi connectivity index (χ1v) is 4.94. The summed E-state index contributed by atoms with van der Waals surface area (Å²) in [5.74, 6) is 0.498. The molecule has 0 fully saturated rings. The molecule has 0 aliphatic rings. The van der Waals surface area contributed by atoms with E-state index in [1.54, 1.807) is 6.07 Å². The zero-order valence-electron chi connectivity index (χ0n) is 9.61. The van der Waals surface area contributed by atoms with Crippen molar-refractivity contribution in [2.24, 2.45) is 0 Å². The summed E-state index contributed by atoms with van der Waals surface area (Å²) in [6.07, 6.45) is 0. The third-order valence-electron chi connectivity index (χ3n) is 2.27. The van der Waals surface area contributed by atoms with Gasteiger partial charge in [-0.2, -0.15) is 0 Å². The molecule has 1 aromatic rings. The molecule has 0 unspecified atom stereocenters. The summed E-state index contributed by atoms with van der Waals surface area (Å²) in [6, 6.07) is 5.69. The molecule has 0 heterocycles. The topological polar surface area (TPSA) is 49.7 Å². The van der Waals surface area contributed by atoms with Gasteiger partial charge >= 0.3 is 7.32 Å². The number of rotatable bonds is 2. The van der Waals surface area contributed by atoms with Crippen LogP contribution < -0.4 is 4.65 Å². The van der Waals surface area contributed by atoms with E-state index in [2.05, 4.69) is 20.8 Å². The van der Waals surface area contributed by atoms with Crippen LogP contribution in [0.3, 0.4) is 0 Å². The molecular weight excluding hydrogens is 191 g/mol. The maximum atomic E-state index is 8.69. The largest absolute Gasteiger partial charge is 0.707 e. The van der Waals surface area contributed by atoms with Crippen LogP contribution in [0.5, 0.6) is 5.75 Å². The highest BCUT2D eigenvalue weighted by Gasteiger charge is 2.17. The minimum absolute atomic E-state index is 0.0844. The molecular formula is C11H17BO3. The van der Waals surface area contributed by atoms with Crippen LogP contribution >= 0.6 is 0 Å². The Hall–Kier alpha value is -0.995. The van der Waals surface area contributed by atoms with Gasteiger partial charge in [0.05, 0.1) is 0 Å². The Kier molecular flexibility index (Phi) is 3.42. The van der Waals surface area contributed by atoms with Crippen LogP contribution in [0.2, 0.25) is 0 Å². The van der Waals surface area contributed by atoms with Gasteiger partial charge in [-0.1, -0.05) is 32.9 Å². The molecule has 0 aliphatic carbocycles. The van der Waals surface area contributed by atoms with E-state index in [9.17, 15) is 0 Å². The molecule has 0 aromatic heterocycles.